The van der Waals surface area contributed by atoms with Crippen LogP contribution < -0.4 is 5.73 Å². The van der Waals surface area contributed by atoms with Crippen LogP contribution in [0, 0.1) is 6.92 Å². The summed E-state index contributed by atoms with van der Waals surface area (Å²) in [5.41, 5.74) is 7.16. The normalized spacial score (nSPS) is 11.2. The van der Waals surface area contributed by atoms with Crippen molar-refractivity contribution in [3.63, 3.8) is 0 Å². The topological polar surface area (TPSA) is 64.9 Å². The van der Waals surface area contributed by atoms with Crippen molar-refractivity contribution >= 4 is 28.6 Å². The molecule has 0 unspecified atom stereocenters. The van der Waals surface area contributed by atoms with Crippen LogP contribution in [-0.4, -0.2) is 9.97 Å². The van der Waals surface area contributed by atoms with Gasteiger partial charge in [0, 0.05) is 5.38 Å². The van der Waals surface area contributed by atoms with E-state index < -0.39 is 0 Å². The van der Waals surface area contributed by atoms with Crippen LogP contribution in [0.3, 0.4) is 0 Å². The summed E-state index contributed by atoms with van der Waals surface area (Å²) in [6.07, 6.45) is 5.13. The Bertz CT molecular complexity index is 458. The van der Waals surface area contributed by atoms with Gasteiger partial charge in [-0.25, -0.2) is 9.97 Å². The van der Waals surface area contributed by atoms with Gasteiger partial charge in [0.1, 0.15) is 11.5 Å². The molecule has 4 nitrogen and oxygen atoms in total. The number of aromatic nitrogens is 2. The largest absolute Gasteiger partial charge is 0.448 e. The quantitative estimate of drug-likeness (QED) is 0.819. The minimum atomic E-state index is 0.571. The highest BCUT2D eigenvalue weighted by molar-refractivity contribution is 7.13. The van der Waals surface area contributed by atoms with Crippen LogP contribution in [0.15, 0.2) is 16.2 Å². The Balaban J connectivity index is 2.19. The fourth-order valence-electron chi connectivity index (χ4n) is 1.02. The number of oxazole rings is 1. The Morgan fingerprint density at radius 1 is 1.50 bits per heavy atom. The lowest BCUT2D eigenvalue weighted by Gasteiger charge is -1.85. The Morgan fingerprint density at radius 2 is 2.36 bits per heavy atom. The van der Waals surface area contributed by atoms with Gasteiger partial charge in [0.05, 0.1) is 5.69 Å². The molecule has 5 heteroatoms. The second kappa shape index (κ2) is 3.63. The maximum Gasteiger partial charge on any atom is 0.181 e. The SMILES string of the molecule is Cc1ocnc1C=Cc1csc(N)n1. The van der Waals surface area contributed by atoms with Gasteiger partial charge in [0.2, 0.25) is 0 Å². The van der Waals surface area contributed by atoms with Gasteiger partial charge < -0.3 is 10.2 Å². The number of hydrogen-bond donors (Lipinski definition) is 1. The molecule has 0 spiro atoms. The van der Waals surface area contributed by atoms with Gasteiger partial charge in [-0.05, 0) is 19.1 Å². The number of nitrogen functional groups attached to an aromatic ring is 1. The van der Waals surface area contributed by atoms with Crippen LogP contribution in [0.4, 0.5) is 5.13 Å². The maximum absolute atomic E-state index is 5.50. The Labute approximate surface area is 85.1 Å². The van der Waals surface area contributed by atoms with Crippen LogP contribution in [-0.2, 0) is 0 Å². The van der Waals surface area contributed by atoms with E-state index in [1.807, 2.05) is 24.5 Å². The van der Waals surface area contributed by atoms with E-state index in [9.17, 15) is 0 Å². The highest BCUT2D eigenvalue weighted by Crippen LogP contribution is 2.14. The minimum absolute atomic E-state index is 0.571. The number of nitrogens with zero attached hydrogens (tertiary/aromatic N) is 2. The summed E-state index contributed by atoms with van der Waals surface area (Å²) in [4.78, 5) is 8.12. The molecule has 0 saturated carbocycles. The van der Waals surface area contributed by atoms with Crippen LogP contribution in [0.1, 0.15) is 17.1 Å². The van der Waals surface area contributed by atoms with Crippen LogP contribution in [0.5, 0.6) is 0 Å². The average molecular weight is 207 g/mol. The molecule has 0 aromatic carbocycles. The molecule has 0 aliphatic carbocycles. The molecule has 0 aliphatic rings. The number of rotatable bonds is 2. The first-order chi connectivity index (χ1) is 6.75. The number of anilines is 1. The first kappa shape index (κ1) is 8.96. The van der Waals surface area contributed by atoms with Crippen LogP contribution in [0.2, 0.25) is 0 Å². The molecule has 0 atom stereocenters. The summed E-state index contributed by atoms with van der Waals surface area (Å²) in [5, 5.41) is 2.46. The summed E-state index contributed by atoms with van der Waals surface area (Å²) in [6.45, 7) is 1.86. The standard InChI is InChI=1S/C9H9N3OS/c1-6-8(11-5-13-6)3-2-7-4-14-9(10)12-7/h2-5H,1H3,(H2,10,12). The second-order valence-electron chi connectivity index (χ2n) is 2.74. The molecule has 0 radical (unpaired) electrons. The molecule has 2 aromatic rings. The smallest absolute Gasteiger partial charge is 0.181 e. The van der Waals surface area contributed by atoms with Crippen molar-refractivity contribution in [2.45, 2.75) is 6.92 Å². The first-order valence-electron chi connectivity index (χ1n) is 4.05. The van der Waals surface area contributed by atoms with Gasteiger partial charge in [0.15, 0.2) is 11.5 Å². The van der Waals surface area contributed by atoms with Gasteiger partial charge in [-0.15, -0.1) is 11.3 Å². The van der Waals surface area contributed by atoms with Crippen molar-refractivity contribution in [1.82, 2.24) is 9.97 Å². The number of aryl methyl sites for hydroxylation is 1. The molecule has 14 heavy (non-hydrogen) atoms. The summed E-state index contributed by atoms with van der Waals surface area (Å²) in [5.74, 6) is 0.796. The van der Waals surface area contributed by atoms with E-state index in [0.29, 0.717) is 5.13 Å². The fraction of sp³-hybridized carbons (Fsp3) is 0.111. The molecule has 0 amide bonds. The molecule has 72 valence electrons. The zero-order valence-electron chi connectivity index (χ0n) is 7.60. The van der Waals surface area contributed by atoms with Crippen molar-refractivity contribution in [1.29, 1.82) is 0 Å². The van der Waals surface area contributed by atoms with Gasteiger partial charge in [-0.3, -0.25) is 0 Å². The maximum atomic E-state index is 5.50. The molecule has 2 rings (SSSR count). The lowest BCUT2D eigenvalue weighted by molar-refractivity contribution is 0.526. The summed E-state index contributed by atoms with van der Waals surface area (Å²) in [7, 11) is 0. The number of thiazole rings is 1. The van der Waals surface area contributed by atoms with Gasteiger partial charge in [0.25, 0.3) is 0 Å². The predicted octanol–water partition coefficient (Wildman–Crippen LogP) is 2.19. The molecule has 0 saturated heterocycles. The highest BCUT2D eigenvalue weighted by atomic mass is 32.1. The average Bonchev–Trinajstić information content (AvgIpc) is 2.72. The van der Waals surface area contributed by atoms with E-state index in [2.05, 4.69) is 9.97 Å². The summed E-state index contributed by atoms with van der Waals surface area (Å²) >= 11 is 1.42. The van der Waals surface area contributed by atoms with Crippen molar-refractivity contribution in [2.75, 3.05) is 5.73 Å². The van der Waals surface area contributed by atoms with Gasteiger partial charge in [-0.1, -0.05) is 0 Å². The Kier molecular flexibility index (Phi) is 2.32. The van der Waals surface area contributed by atoms with E-state index in [0.717, 1.165) is 17.1 Å². The molecule has 0 bridgehead atoms. The fourth-order valence-corrected chi connectivity index (χ4v) is 1.55. The van der Waals surface area contributed by atoms with Crippen molar-refractivity contribution < 1.29 is 4.42 Å². The molecule has 2 aromatic heterocycles. The summed E-state index contributed by atoms with van der Waals surface area (Å²) < 4.78 is 5.05. The van der Waals surface area contributed by atoms with Crippen molar-refractivity contribution in [2.24, 2.45) is 0 Å². The van der Waals surface area contributed by atoms with Gasteiger partial charge >= 0.3 is 0 Å². The molecule has 0 aliphatic heterocycles. The lowest BCUT2D eigenvalue weighted by Crippen LogP contribution is -1.81. The molecular weight excluding hydrogens is 198 g/mol. The molecule has 2 heterocycles. The van der Waals surface area contributed by atoms with Crippen LogP contribution >= 0.6 is 11.3 Å². The second-order valence-corrected chi connectivity index (χ2v) is 3.63. The van der Waals surface area contributed by atoms with E-state index in [1.54, 1.807) is 0 Å². The number of nitrogens with two attached hydrogens (primary N) is 1. The van der Waals surface area contributed by atoms with E-state index in [4.69, 9.17) is 10.2 Å². The third kappa shape index (κ3) is 1.82. The number of hydrogen-bond acceptors (Lipinski definition) is 5. The Hall–Kier alpha value is -1.62. The van der Waals surface area contributed by atoms with E-state index in [1.165, 1.54) is 17.7 Å². The zero-order chi connectivity index (χ0) is 9.97. The van der Waals surface area contributed by atoms with Crippen molar-refractivity contribution in [3.05, 3.63) is 28.9 Å². The van der Waals surface area contributed by atoms with Gasteiger partial charge in [-0.2, -0.15) is 0 Å². The molecule has 0 fully saturated rings. The Morgan fingerprint density at radius 3 is 2.93 bits per heavy atom. The zero-order valence-corrected chi connectivity index (χ0v) is 8.41. The summed E-state index contributed by atoms with van der Waals surface area (Å²) in [6, 6.07) is 0. The third-order valence-electron chi connectivity index (χ3n) is 1.73. The van der Waals surface area contributed by atoms with Crippen molar-refractivity contribution in [3.8, 4) is 0 Å². The lowest BCUT2D eigenvalue weighted by atomic mass is 10.3. The predicted molar refractivity (Wildman–Crippen MR) is 56.7 cm³/mol. The monoisotopic (exact) mass is 207 g/mol. The molecule has 2 N–H and O–H groups in total. The first-order valence-corrected chi connectivity index (χ1v) is 4.93. The minimum Gasteiger partial charge on any atom is -0.448 e. The highest BCUT2D eigenvalue weighted by Gasteiger charge is 1.98. The van der Waals surface area contributed by atoms with Crippen LogP contribution in [0.25, 0.3) is 12.2 Å². The molecular formula is C9H9N3OS. The van der Waals surface area contributed by atoms with E-state index >= 15 is 0 Å². The third-order valence-corrected chi connectivity index (χ3v) is 2.43. The van der Waals surface area contributed by atoms with E-state index in [-0.39, 0.29) is 0 Å².